The van der Waals surface area contributed by atoms with Gasteiger partial charge in [-0.1, -0.05) is 0 Å². The SMILES string of the molecule is COc1cc(NC(=O)CCN)c(Br)cc1Br. The van der Waals surface area contributed by atoms with E-state index in [1.165, 1.54) is 0 Å². The van der Waals surface area contributed by atoms with Crippen LogP contribution in [0.1, 0.15) is 6.42 Å². The number of methoxy groups -OCH3 is 1. The topological polar surface area (TPSA) is 64.3 Å². The average molecular weight is 352 g/mol. The first-order chi connectivity index (χ1) is 7.58. The third kappa shape index (κ3) is 3.47. The summed E-state index contributed by atoms with van der Waals surface area (Å²) in [5, 5.41) is 2.75. The third-order valence-electron chi connectivity index (χ3n) is 1.89. The van der Waals surface area contributed by atoms with Crippen molar-refractivity contribution in [2.45, 2.75) is 6.42 Å². The summed E-state index contributed by atoms with van der Waals surface area (Å²) in [7, 11) is 1.57. The summed E-state index contributed by atoms with van der Waals surface area (Å²) in [6.45, 7) is 0.330. The highest BCUT2D eigenvalue weighted by Crippen LogP contribution is 2.34. The Labute approximate surface area is 111 Å². The number of benzene rings is 1. The second-order valence-electron chi connectivity index (χ2n) is 3.05. The molecule has 0 aliphatic rings. The molecule has 88 valence electrons. The Morgan fingerprint density at radius 2 is 2.12 bits per heavy atom. The minimum atomic E-state index is -0.118. The lowest BCUT2D eigenvalue weighted by molar-refractivity contribution is -0.116. The number of ether oxygens (including phenoxy) is 1. The molecule has 0 saturated carbocycles. The van der Waals surface area contributed by atoms with Gasteiger partial charge in [0.1, 0.15) is 5.75 Å². The van der Waals surface area contributed by atoms with Crippen LogP contribution in [-0.4, -0.2) is 19.6 Å². The Morgan fingerprint density at radius 3 is 2.69 bits per heavy atom. The van der Waals surface area contributed by atoms with Crippen molar-refractivity contribution in [2.24, 2.45) is 5.73 Å². The van der Waals surface area contributed by atoms with E-state index in [4.69, 9.17) is 10.5 Å². The fraction of sp³-hybridized carbons (Fsp3) is 0.300. The Balaban J connectivity index is 2.91. The lowest BCUT2D eigenvalue weighted by Gasteiger charge is -2.10. The molecule has 0 atom stereocenters. The molecule has 1 rings (SSSR count). The molecule has 0 aromatic heterocycles. The Bertz CT molecular complexity index is 397. The highest BCUT2D eigenvalue weighted by molar-refractivity contribution is 9.11. The monoisotopic (exact) mass is 350 g/mol. The molecular formula is C10H12Br2N2O2. The van der Waals surface area contributed by atoms with Crippen molar-refractivity contribution in [1.82, 2.24) is 0 Å². The maximum atomic E-state index is 11.4. The number of hydrogen-bond acceptors (Lipinski definition) is 3. The lowest BCUT2D eigenvalue weighted by Crippen LogP contribution is -2.16. The van der Waals surface area contributed by atoms with Gasteiger partial charge in [0.15, 0.2) is 0 Å². The number of rotatable bonds is 4. The standard InChI is InChI=1S/C10H12Br2N2O2/c1-16-9-5-8(6(11)4-7(9)12)14-10(15)2-3-13/h4-5H,2-3,13H2,1H3,(H,14,15). The summed E-state index contributed by atoms with van der Waals surface area (Å²) in [6.07, 6.45) is 0.296. The number of nitrogens with two attached hydrogens (primary N) is 1. The van der Waals surface area contributed by atoms with Crippen LogP contribution < -0.4 is 15.8 Å². The van der Waals surface area contributed by atoms with Crippen LogP contribution in [0.4, 0.5) is 5.69 Å². The minimum Gasteiger partial charge on any atom is -0.495 e. The molecule has 0 bridgehead atoms. The van der Waals surface area contributed by atoms with Crippen LogP contribution in [0.2, 0.25) is 0 Å². The van der Waals surface area contributed by atoms with Crippen LogP contribution in [0.25, 0.3) is 0 Å². The Morgan fingerprint density at radius 1 is 1.44 bits per heavy atom. The molecule has 0 saturated heterocycles. The van der Waals surface area contributed by atoms with E-state index in [1.54, 1.807) is 13.2 Å². The molecule has 0 heterocycles. The van der Waals surface area contributed by atoms with Gasteiger partial charge in [0, 0.05) is 23.5 Å². The molecular weight excluding hydrogens is 340 g/mol. The van der Waals surface area contributed by atoms with E-state index in [-0.39, 0.29) is 5.91 Å². The van der Waals surface area contributed by atoms with Crippen molar-refractivity contribution in [3.05, 3.63) is 21.1 Å². The number of amides is 1. The molecule has 1 aromatic rings. The van der Waals surface area contributed by atoms with Crippen LogP contribution in [0, 0.1) is 0 Å². The summed E-state index contributed by atoms with van der Waals surface area (Å²) >= 11 is 6.71. The van der Waals surface area contributed by atoms with Gasteiger partial charge in [-0.3, -0.25) is 4.79 Å². The first kappa shape index (κ1) is 13.5. The molecule has 0 aliphatic carbocycles. The van der Waals surface area contributed by atoms with E-state index < -0.39 is 0 Å². The average Bonchev–Trinajstić information content (AvgIpc) is 2.22. The summed E-state index contributed by atoms with van der Waals surface area (Å²) in [5.41, 5.74) is 5.96. The molecule has 0 spiro atoms. The van der Waals surface area contributed by atoms with Gasteiger partial charge in [-0.15, -0.1) is 0 Å². The predicted molar refractivity (Wildman–Crippen MR) is 70.7 cm³/mol. The van der Waals surface area contributed by atoms with Crippen molar-refractivity contribution in [1.29, 1.82) is 0 Å². The maximum absolute atomic E-state index is 11.4. The quantitative estimate of drug-likeness (QED) is 0.875. The molecule has 3 N–H and O–H groups in total. The van der Waals surface area contributed by atoms with Crippen LogP contribution in [-0.2, 0) is 4.79 Å². The molecule has 0 fully saturated rings. The van der Waals surface area contributed by atoms with Gasteiger partial charge in [-0.25, -0.2) is 0 Å². The maximum Gasteiger partial charge on any atom is 0.225 e. The summed E-state index contributed by atoms with van der Waals surface area (Å²) < 4.78 is 6.74. The Kier molecular flexibility index (Phi) is 5.24. The smallest absolute Gasteiger partial charge is 0.225 e. The molecule has 1 aromatic carbocycles. The summed E-state index contributed by atoms with van der Waals surface area (Å²) in [6, 6.07) is 3.56. The number of nitrogens with one attached hydrogen (secondary N) is 1. The molecule has 0 aliphatic heterocycles. The van der Waals surface area contributed by atoms with E-state index in [2.05, 4.69) is 37.2 Å². The van der Waals surface area contributed by atoms with Crippen LogP contribution >= 0.6 is 31.9 Å². The van der Waals surface area contributed by atoms with Crippen LogP contribution in [0.5, 0.6) is 5.75 Å². The summed E-state index contributed by atoms with van der Waals surface area (Å²) in [5.74, 6) is 0.541. The zero-order chi connectivity index (χ0) is 12.1. The van der Waals surface area contributed by atoms with Crippen molar-refractivity contribution < 1.29 is 9.53 Å². The molecule has 0 radical (unpaired) electrons. The normalized spacial score (nSPS) is 10.0. The zero-order valence-corrected chi connectivity index (χ0v) is 11.9. The minimum absolute atomic E-state index is 0.118. The van der Waals surface area contributed by atoms with Gasteiger partial charge in [0.2, 0.25) is 5.91 Å². The fourth-order valence-electron chi connectivity index (χ4n) is 1.13. The van der Waals surface area contributed by atoms with Crippen molar-refractivity contribution in [2.75, 3.05) is 19.0 Å². The second kappa shape index (κ2) is 6.22. The van der Waals surface area contributed by atoms with Gasteiger partial charge in [-0.2, -0.15) is 0 Å². The number of carbonyl (C=O) groups is 1. The predicted octanol–water partition coefficient (Wildman–Crippen LogP) is 2.51. The molecule has 16 heavy (non-hydrogen) atoms. The first-order valence-electron chi connectivity index (χ1n) is 4.61. The van der Waals surface area contributed by atoms with E-state index in [1.807, 2.05) is 6.07 Å². The van der Waals surface area contributed by atoms with Gasteiger partial charge >= 0.3 is 0 Å². The van der Waals surface area contributed by atoms with Gasteiger partial charge in [0.05, 0.1) is 17.3 Å². The summed E-state index contributed by atoms with van der Waals surface area (Å²) in [4.78, 5) is 11.4. The number of carbonyl (C=O) groups excluding carboxylic acids is 1. The van der Waals surface area contributed by atoms with Crippen molar-refractivity contribution >= 4 is 43.5 Å². The first-order valence-corrected chi connectivity index (χ1v) is 6.20. The highest BCUT2D eigenvalue weighted by Gasteiger charge is 2.09. The third-order valence-corrected chi connectivity index (χ3v) is 3.16. The van der Waals surface area contributed by atoms with E-state index in [9.17, 15) is 4.79 Å². The highest BCUT2D eigenvalue weighted by atomic mass is 79.9. The molecule has 0 unspecified atom stereocenters. The van der Waals surface area contributed by atoms with Gasteiger partial charge in [0.25, 0.3) is 0 Å². The van der Waals surface area contributed by atoms with E-state index >= 15 is 0 Å². The van der Waals surface area contributed by atoms with Crippen molar-refractivity contribution in [3.8, 4) is 5.75 Å². The molecule has 1 amide bonds. The number of halogens is 2. The van der Waals surface area contributed by atoms with Gasteiger partial charge < -0.3 is 15.8 Å². The van der Waals surface area contributed by atoms with E-state index in [0.717, 1.165) is 8.95 Å². The lowest BCUT2D eigenvalue weighted by atomic mass is 10.3. The number of anilines is 1. The van der Waals surface area contributed by atoms with Crippen molar-refractivity contribution in [3.63, 3.8) is 0 Å². The molecule has 4 nitrogen and oxygen atoms in total. The van der Waals surface area contributed by atoms with Gasteiger partial charge in [-0.05, 0) is 37.9 Å². The van der Waals surface area contributed by atoms with Crippen LogP contribution in [0.15, 0.2) is 21.1 Å². The van der Waals surface area contributed by atoms with E-state index in [0.29, 0.717) is 24.4 Å². The Hall–Kier alpha value is -0.590. The second-order valence-corrected chi connectivity index (χ2v) is 4.76. The zero-order valence-electron chi connectivity index (χ0n) is 8.72. The number of hydrogen-bond donors (Lipinski definition) is 2. The fourth-order valence-corrected chi connectivity index (χ4v) is 2.38. The molecule has 6 heteroatoms. The largest absolute Gasteiger partial charge is 0.495 e. The van der Waals surface area contributed by atoms with Crippen LogP contribution in [0.3, 0.4) is 0 Å².